The summed E-state index contributed by atoms with van der Waals surface area (Å²) in [5, 5.41) is 7.68. The Kier molecular flexibility index (Phi) is 1.99. The fraction of sp³-hybridized carbons (Fsp3) is 0.667. The van der Waals surface area contributed by atoms with E-state index in [9.17, 15) is 4.79 Å². The third kappa shape index (κ3) is 1.55. The summed E-state index contributed by atoms with van der Waals surface area (Å²) in [6, 6.07) is 2.53. The zero-order valence-electron chi connectivity index (χ0n) is 9.40. The average Bonchev–Trinajstić information content (AvgIpc) is 3.15. The van der Waals surface area contributed by atoms with E-state index in [1.807, 2.05) is 10.7 Å². The van der Waals surface area contributed by atoms with Crippen molar-refractivity contribution in [2.45, 2.75) is 37.8 Å². The molecule has 0 saturated heterocycles. The van der Waals surface area contributed by atoms with Crippen molar-refractivity contribution in [1.82, 2.24) is 15.1 Å². The largest absolute Gasteiger partial charge is 0.346 e. The Morgan fingerprint density at radius 1 is 1.29 bits per heavy atom. The minimum Gasteiger partial charge on any atom is -0.346 e. The summed E-state index contributed by atoms with van der Waals surface area (Å²) in [5.41, 5.74) is 0.714. The highest BCUT2D eigenvalue weighted by Gasteiger charge is 2.49. The molecule has 2 unspecified atom stereocenters. The smallest absolute Gasteiger partial charge is 0.269 e. The lowest BCUT2D eigenvalue weighted by Gasteiger charge is -2.33. The maximum atomic E-state index is 12.0. The van der Waals surface area contributed by atoms with Gasteiger partial charge in [0.25, 0.3) is 5.91 Å². The van der Waals surface area contributed by atoms with Crippen LogP contribution in [0.1, 0.15) is 42.2 Å². The number of hydrogen-bond acceptors (Lipinski definition) is 2. The van der Waals surface area contributed by atoms with Gasteiger partial charge in [0.2, 0.25) is 0 Å². The molecule has 5 heteroatoms. The first-order chi connectivity index (χ1) is 8.24. The van der Waals surface area contributed by atoms with Crippen LogP contribution >= 0.6 is 15.9 Å². The first-order valence-corrected chi connectivity index (χ1v) is 7.09. The Bertz CT molecular complexity index is 490. The molecule has 4 rings (SSSR count). The van der Waals surface area contributed by atoms with Crippen LogP contribution in [0.5, 0.6) is 0 Å². The van der Waals surface area contributed by atoms with Crippen molar-refractivity contribution in [3.05, 3.63) is 16.4 Å². The molecular weight excluding hydrogens is 282 g/mol. The zero-order valence-corrected chi connectivity index (χ0v) is 11.0. The molecule has 1 aromatic heterocycles. The van der Waals surface area contributed by atoms with Gasteiger partial charge >= 0.3 is 0 Å². The summed E-state index contributed by atoms with van der Waals surface area (Å²) >= 11 is 3.38. The number of fused-ring (bicyclic) bond motifs is 1. The molecule has 1 N–H and O–H groups in total. The molecule has 1 aromatic rings. The van der Waals surface area contributed by atoms with E-state index in [0.717, 1.165) is 4.60 Å². The zero-order chi connectivity index (χ0) is 11.6. The number of nitrogens with one attached hydrogen (secondary N) is 1. The summed E-state index contributed by atoms with van der Waals surface area (Å²) < 4.78 is 2.74. The van der Waals surface area contributed by atoms with Gasteiger partial charge in [0.05, 0.1) is 12.1 Å². The molecule has 0 radical (unpaired) electrons. The fourth-order valence-electron chi connectivity index (χ4n) is 3.01. The van der Waals surface area contributed by atoms with Gasteiger partial charge in [-0.25, -0.2) is 0 Å². The predicted octanol–water partition coefficient (Wildman–Crippen LogP) is 2.12. The van der Waals surface area contributed by atoms with Crippen LogP contribution in [0.2, 0.25) is 0 Å². The Hall–Kier alpha value is -0.840. The van der Waals surface area contributed by atoms with Gasteiger partial charge < -0.3 is 5.32 Å². The lowest BCUT2D eigenvalue weighted by atomic mass is 9.96. The van der Waals surface area contributed by atoms with Gasteiger partial charge in [-0.2, -0.15) is 5.10 Å². The molecule has 2 fully saturated rings. The minimum atomic E-state index is 0.0389. The predicted molar refractivity (Wildman–Crippen MR) is 65.7 cm³/mol. The van der Waals surface area contributed by atoms with E-state index < -0.39 is 0 Å². The molecule has 0 aromatic carbocycles. The number of halogens is 1. The average molecular weight is 296 g/mol. The molecule has 2 aliphatic carbocycles. The molecule has 0 spiro atoms. The van der Waals surface area contributed by atoms with Crippen molar-refractivity contribution in [3.8, 4) is 0 Å². The summed E-state index contributed by atoms with van der Waals surface area (Å²) in [4.78, 5) is 12.0. The van der Waals surface area contributed by atoms with Crippen LogP contribution < -0.4 is 5.32 Å². The Morgan fingerprint density at radius 3 is 2.65 bits per heavy atom. The molecule has 1 amide bonds. The van der Waals surface area contributed by atoms with Gasteiger partial charge in [-0.05, 0) is 53.4 Å². The first kappa shape index (κ1) is 10.1. The van der Waals surface area contributed by atoms with Crippen LogP contribution in [-0.2, 0) is 0 Å². The number of amides is 1. The standard InChI is InChI=1S/C12H14BrN3O/c13-9-5-8-12(17)14-10(6-1-2-6)11(7-3-4-7)16(8)15-9/h5-7,10-11H,1-4H2,(H,14,17). The van der Waals surface area contributed by atoms with Crippen molar-refractivity contribution in [3.63, 3.8) is 0 Å². The van der Waals surface area contributed by atoms with Crippen molar-refractivity contribution < 1.29 is 4.79 Å². The highest BCUT2D eigenvalue weighted by Crippen LogP contribution is 2.49. The van der Waals surface area contributed by atoms with Crippen LogP contribution in [0.15, 0.2) is 10.7 Å². The Morgan fingerprint density at radius 2 is 2.00 bits per heavy atom. The van der Waals surface area contributed by atoms with E-state index in [4.69, 9.17) is 0 Å². The molecule has 0 bridgehead atoms. The third-order valence-electron chi connectivity index (χ3n) is 4.12. The second-order valence-electron chi connectivity index (χ2n) is 5.46. The summed E-state index contributed by atoms with van der Waals surface area (Å²) in [5.74, 6) is 1.43. The van der Waals surface area contributed by atoms with E-state index in [-0.39, 0.29) is 5.91 Å². The molecule has 17 heavy (non-hydrogen) atoms. The summed E-state index contributed by atoms with van der Waals surface area (Å²) in [7, 11) is 0. The van der Waals surface area contributed by atoms with E-state index in [1.165, 1.54) is 25.7 Å². The molecule has 4 nitrogen and oxygen atoms in total. The Labute approximate surface area is 108 Å². The molecule has 1 aliphatic heterocycles. The van der Waals surface area contributed by atoms with Crippen LogP contribution in [0.3, 0.4) is 0 Å². The van der Waals surface area contributed by atoms with Crippen LogP contribution in [0, 0.1) is 11.8 Å². The maximum absolute atomic E-state index is 12.0. The lowest BCUT2D eigenvalue weighted by molar-refractivity contribution is 0.0845. The van der Waals surface area contributed by atoms with Gasteiger partial charge in [0.15, 0.2) is 0 Å². The quantitative estimate of drug-likeness (QED) is 0.908. The normalized spacial score (nSPS) is 32.2. The molecule has 2 saturated carbocycles. The highest BCUT2D eigenvalue weighted by molar-refractivity contribution is 9.10. The summed E-state index contributed by atoms with van der Waals surface area (Å²) in [6.07, 6.45) is 5.07. The number of hydrogen-bond donors (Lipinski definition) is 1. The summed E-state index contributed by atoms with van der Waals surface area (Å²) in [6.45, 7) is 0. The van der Waals surface area contributed by atoms with Crippen molar-refractivity contribution >= 4 is 21.8 Å². The van der Waals surface area contributed by atoms with E-state index in [0.29, 0.717) is 29.6 Å². The Balaban J connectivity index is 1.80. The number of nitrogens with zero attached hydrogens (tertiary/aromatic N) is 2. The van der Waals surface area contributed by atoms with Gasteiger partial charge in [0.1, 0.15) is 10.3 Å². The SMILES string of the molecule is O=C1NC(C2CC2)C(C2CC2)n2nc(Br)cc21. The van der Waals surface area contributed by atoms with E-state index >= 15 is 0 Å². The van der Waals surface area contributed by atoms with Crippen molar-refractivity contribution in [1.29, 1.82) is 0 Å². The second-order valence-corrected chi connectivity index (χ2v) is 6.27. The van der Waals surface area contributed by atoms with Gasteiger partial charge in [-0.15, -0.1) is 0 Å². The molecule has 2 heterocycles. The number of carbonyl (C=O) groups is 1. The van der Waals surface area contributed by atoms with Crippen LogP contribution in [0.4, 0.5) is 0 Å². The second kappa shape index (κ2) is 3.34. The van der Waals surface area contributed by atoms with Crippen molar-refractivity contribution in [2.75, 3.05) is 0 Å². The van der Waals surface area contributed by atoms with Gasteiger partial charge in [-0.1, -0.05) is 0 Å². The fourth-order valence-corrected chi connectivity index (χ4v) is 3.39. The molecule has 90 valence electrons. The molecule has 3 aliphatic rings. The van der Waals surface area contributed by atoms with Gasteiger partial charge in [-0.3, -0.25) is 9.48 Å². The maximum Gasteiger partial charge on any atom is 0.269 e. The van der Waals surface area contributed by atoms with Crippen LogP contribution in [0.25, 0.3) is 0 Å². The molecular formula is C12H14BrN3O. The minimum absolute atomic E-state index is 0.0389. The monoisotopic (exact) mass is 295 g/mol. The topological polar surface area (TPSA) is 46.9 Å². The highest BCUT2D eigenvalue weighted by atomic mass is 79.9. The van der Waals surface area contributed by atoms with Crippen LogP contribution in [-0.4, -0.2) is 21.7 Å². The van der Waals surface area contributed by atoms with Crippen molar-refractivity contribution in [2.24, 2.45) is 11.8 Å². The lowest BCUT2D eigenvalue weighted by Crippen LogP contribution is -2.49. The molecule has 2 atom stereocenters. The first-order valence-electron chi connectivity index (χ1n) is 6.30. The number of carbonyl (C=O) groups excluding carboxylic acids is 1. The number of rotatable bonds is 2. The third-order valence-corrected chi connectivity index (χ3v) is 4.51. The number of aromatic nitrogens is 2. The van der Waals surface area contributed by atoms with E-state index in [2.05, 4.69) is 26.3 Å². The van der Waals surface area contributed by atoms with Gasteiger partial charge in [0, 0.05) is 6.07 Å². The van der Waals surface area contributed by atoms with E-state index in [1.54, 1.807) is 0 Å².